The molecule has 1 aliphatic heterocycles. The highest BCUT2D eigenvalue weighted by atomic mass is 35.5. The lowest BCUT2D eigenvalue weighted by Crippen LogP contribution is -2.44. The van der Waals surface area contributed by atoms with Gasteiger partial charge in [-0.3, -0.25) is 4.79 Å². The predicted molar refractivity (Wildman–Crippen MR) is 118 cm³/mol. The Bertz CT molecular complexity index is 952. The molecule has 1 N–H and O–H groups in total. The lowest BCUT2D eigenvalue weighted by atomic mass is 9.99. The molecule has 0 bridgehead atoms. The van der Waals surface area contributed by atoms with Crippen molar-refractivity contribution in [1.82, 2.24) is 4.31 Å². The van der Waals surface area contributed by atoms with Crippen LogP contribution < -0.4 is 5.32 Å². The fourth-order valence-corrected chi connectivity index (χ4v) is 5.34. The third kappa shape index (κ3) is 6.19. The van der Waals surface area contributed by atoms with Gasteiger partial charge < -0.3 is 5.32 Å². The maximum atomic E-state index is 12.7. The van der Waals surface area contributed by atoms with Crippen LogP contribution in [0.1, 0.15) is 24.8 Å². The molecule has 1 heterocycles. The van der Waals surface area contributed by atoms with Gasteiger partial charge in [-0.25, -0.2) is 12.7 Å². The number of nitrogens with zero attached hydrogens (tertiary/aromatic N) is 1. The van der Waals surface area contributed by atoms with Gasteiger partial charge in [0.05, 0.1) is 21.7 Å². The normalized spacial score (nSPS) is 17.8. The zero-order valence-corrected chi connectivity index (χ0v) is 18.3. The van der Waals surface area contributed by atoms with E-state index in [-0.39, 0.29) is 24.1 Å². The van der Waals surface area contributed by atoms with Gasteiger partial charge in [0.2, 0.25) is 15.9 Å². The average molecular weight is 455 g/mol. The van der Waals surface area contributed by atoms with E-state index in [0.717, 1.165) is 12.0 Å². The van der Waals surface area contributed by atoms with Crippen LogP contribution in [0.4, 0.5) is 5.69 Å². The predicted octanol–water partition coefficient (Wildman–Crippen LogP) is 4.61. The van der Waals surface area contributed by atoms with Gasteiger partial charge in [-0.05, 0) is 49.4 Å². The molecule has 156 valence electrons. The summed E-state index contributed by atoms with van der Waals surface area (Å²) in [6.07, 6.45) is 2.60. The van der Waals surface area contributed by atoms with E-state index in [1.165, 1.54) is 4.31 Å². The lowest BCUT2D eigenvalue weighted by molar-refractivity contribution is -0.120. The van der Waals surface area contributed by atoms with Gasteiger partial charge in [-0.2, -0.15) is 0 Å². The summed E-state index contributed by atoms with van der Waals surface area (Å²) < 4.78 is 27.0. The molecule has 5 nitrogen and oxygen atoms in total. The molecule has 3 rings (SSSR count). The number of hydrogen-bond acceptors (Lipinski definition) is 3. The van der Waals surface area contributed by atoms with Gasteiger partial charge in [0.25, 0.3) is 0 Å². The Hall–Kier alpha value is -1.60. The van der Waals surface area contributed by atoms with E-state index >= 15 is 0 Å². The van der Waals surface area contributed by atoms with Crippen LogP contribution in [0.2, 0.25) is 10.0 Å². The molecule has 0 aromatic heterocycles. The second-order valence-electron chi connectivity index (χ2n) is 7.22. The number of rotatable bonds is 7. The molecule has 1 atom stereocenters. The molecule has 1 saturated heterocycles. The van der Waals surface area contributed by atoms with Crippen LogP contribution in [-0.4, -0.2) is 37.5 Å². The Labute approximate surface area is 182 Å². The van der Waals surface area contributed by atoms with Crippen molar-refractivity contribution in [3.8, 4) is 0 Å². The molecule has 0 aliphatic carbocycles. The maximum absolute atomic E-state index is 12.7. The van der Waals surface area contributed by atoms with E-state index in [1.54, 1.807) is 18.2 Å². The van der Waals surface area contributed by atoms with Crippen LogP contribution in [0, 0.1) is 5.92 Å². The number of carbonyl (C=O) groups is 1. The maximum Gasteiger partial charge on any atom is 0.228 e. The summed E-state index contributed by atoms with van der Waals surface area (Å²) in [5.74, 6) is -0.502. The highest BCUT2D eigenvalue weighted by molar-refractivity contribution is 7.89. The largest absolute Gasteiger partial charge is 0.326 e. The number of aryl methyl sites for hydroxylation is 1. The smallest absolute Gasteiger partial charge is 0.228 e. The monoisotopic (exact) mass is 454 g/mol. The molecule has 1 aliphatic rings. The van der Waals surface area contributed by atoms with E-state index < -0.39 is 10.0 Å². The molecule has 2 aromatic carbocycles. The molecule has 0 spiro atoms. The lowest BCUT2D eigenvalue weighted by Gasteiger charge is -2.31. The Morgan fingerprint density at radius 3 is 2.59 bits per heavy atom. The SMILES string of the molecule is O=C(Nc1ccc(Cl)c(Cl)c1)[C@H]1CCCN(S(=O)(=O)CCCc2ccccc2)C1. The number of anilines is 1. The van der Waals surface area contributed by atoms with Crippen molar-refractivity contribution in [2.45, 2.75) is 25.7 Å². The van der Waals surface area contributed by atoms with Crippen molar-refractivity contribution in [2.75, 3.05) is 24.2 Å². The number of hydrogen-bond donors (Lipinski definition) is 1. The van der Waals surface area contributed by atoms with E-state index in [0.29, 0.717) is 41.5 Å². The molecule has 1 fully saturated rings. The number of sulfonamides is 1. The van der Waals surface area contributed by atoms with Gasteiger partial charge >= 0.3 is 0 Å². The summed E-state index contributed by atoms with van der Waals surface area (Å²) in [4.78, 5) is 12.6. The summed E-state index contributed by atoms with van der Waals surface area (Å²) in [7, 11) is -3.39. The third-order valence-corrected chi connectivity index (χ3v) is 7.71. The molecule has 0 unspecified atom stereocenters. The molecule has 1 amide bonds. The minimum absolute atomic E-state index is 0.0863. The van der Waals surface area contributed by atoms with Gasteiger partial charge in [0, 0.05) is 18.8 Å². The zero-order valence-electron chi connectivity index (χ0n) is 16.0. The Morgan fingerprint density at radius 1 is 1.10 bits per heavy atom. The third-order valence-electron chi connectivity index (χ3n) is 5.05. The van der Waals surface area contributed by atoms with Crippen molar-refractivity contribution in [1.29, 1.82) is 0 Å². The first-order chi connectivity index (χ1) is 13.8. The summed E-state index contributed by atoms with van der Waals surface area (Å²) in [6.45, 7) is 0.672. The zero-order chi connectivity index (χ0) is 20.9. The van der Waals surface area contributed by atoms with E-state index in [9.17, 15) is 13.2 Å². The summed E-state index contributed by atoms with van der Waals surface area (Å²) in [5, 5.41) is 3.58. The van der Waals surface area contributed by atoms with E-state index in [2.05, 4.69) is 5.32 Å². The first-order valence-corrected chi connectivity index (χ1v) is 12.0. The number of benzene rings is 2. The van der Waals surface area contributed by atoms with Crippen molar-refractivity contribution < 1.29 is 13.2 Å². The Kier molecular flexibility index (Phi) is 7.57. The van der Waals surface area contributed by atoms with Gasteiger partial charge in [-0.1, -0.05) is 53.5 Å². The van der Waals surface area contributed by atoms with Crippen molar-refractivity contribution in [3.05, 3.63) is 64.1 Å². The van der Waals surface area contributed by atoms with Gasteiger partial charge in [0.15, 0.2) is 0 Å². The second kappa shape index (κ2) is 9.94. The molecular formula is C21H24Cl2N2O3S. The van der Waals surface area contributed by atoms with Gasteiger partial charge in [-0.15, -0.1) is 0 Å². The van der Waals surface area contributed by atoms with E-state index in [1.807, 2.05) is 30.3 Å². The molecule has 0 radical (unpaired) electrons. The first-order valence-electron chi connectivity index (χ1n) is 9.63. The quantitative estimate of drug-likeness (QED) is 0.663. The molecule has 0 saturated carbocycles. The minimum Gasteiger partial charge on any atom is -0.326 e. The van der Waals surface area contributed by atoms with Crippen LogP contribution in [0.25, 0.3) is 0 Å². The Morgan fingerprint density at radius 2 is 1.86 bits per heavy atom. The van der Waals surface area contributed by atoms with Crippen LogP contribution >= 0.6 is 23.2 Å². The topological polar surface area (TPSA) is 66.5 Å². The second-order valence-corrected chi connectivity index (χ2v) is 10.1. The highest BCUT2D eigenvalue weighted by Crippen LogP contribution is 2.26. The van der Waals surface area contributed by atoms with Crippen molar-refractivity contribution in [3.63, 3.8) is 0 Å². The van der Waals surface area contributed by atoms with E-state index in [4.69, 9.17) is 23.2 Å². The van der Waals surface area contributed by atoms with Crippen LogP contribution in [0.3, 0.4) is 0 Å². The molecular weight excluding hydrogens is 431 g/mol. The average Bonchev–Trinajstić information content (AvgIpc) is 2.71. The number of amides is 1. The molecule has 29 heavy (non-hydrogen) atoms. The standard InChI is InChI=1S/C21H24Cl2N2O3S/c22-19-11-10-18(14-20(19)23)24-21(26)17-9-4-12-25(15-17)29(27,28)13-5-8-16-6-2-1-3-7-16/h1-3,6-7,10-11,14,17H,4-5,8-9,12-13,15H2,(H,24,26)/t17-/m0/s1. The van der Waals surface area contributed by atoms with Crippen LogP contribution in [0.5, 0.6) is 0 Å². The summed E-state index contributed by atoms with van der Waals surface area (Å²) in [6, 6.07) is 14.7. The molecule has 2 aromatic rings. The van der Waals surface area contributed by atoms with Crippen LogP contribution in [0.15, 0.2) is 48.5 Å². The number of nitrogens with one attached hydrogen (secondary N) is 1. The summed E-state index contributed by atoms with van der Waals surface area (Å²) >= 11 is 11.9. The van der Waals surface area contributed by atoms with Crippen molar-refractivity contribution in [2.24, 2.45) is 5.92 Å². The number of carbonyl (C=O) groups excluding carboxylic acids is 1. The molecule has 8 heteroatoms. The van der Waals surface area contributed by atoms with Crippen molar-refractivity contribution >= 4 is 44.8 Å². The first kappa shape index (κ1) is 22.1. The van der Waals surface area contributed by atoms with Gasteiger partial charge in [0.1, 0.15) is 0 Å². The fraction of sp³-hybridized carbons (Fsp3) is 0.381. The fourth-order valence-electron chi connectivity index (χ4n) is 3.46. The van der Waals surface area contributed by atoms with Crippen LogP contribution in [-0.2, 0) is 21.2 Å². The summed E-state index contributed by atoms with van der Waals surface area (Å²) in [5.41, 5.74) is 1.67. The number of halogens is 2. The number of piperidine rings is 1. The Balaban J connectivity index is 1.55. The minimum atomic E-state index is -3.39. The highest BCUT2D eigenvalue weighted by Gasteiger charge is 2.32.